The van der Waals surface area contributed by atoms with Crippen LogP contribution >= 0.6 is 0 Å². The zero-order chi connectivity index (χ0) is 20.1. The van der Waals surface area contributed by atoms with E-state index in [4.69, 9.17) is 4.74 Å². The number of hydrogen-bond acceptors (Lipinski definition) is 3. The van der Waals surface area contributed by atoms with E-state index in [9.17, 15) is 4.79 Å². The molecule has 1 heterocycles. The lowest BCUT2D eigenvalue weighted by Crippen LogP contribution is -2.30. The molecule has 0 saturated carbocycles. The standard InChI is InChI=1S/C25H24N2O2/c1-29-23-14-8-5-9-18(23)15-16-26-24(19-10-3-2-4-11-19)25(28)21-17-27-22-13-7-6-12-20(21)22/h2-14,17,24,26-27H,15-16H2,1H3. The molecule has 4 heteroatoms. The Labute approximate surface area is 170 Å². The van der Waals surface area contributed by atoms with Gasteiger partial charge < -0.3 is 15.0 Å². The highest BCUT2D eigenvalue weighted by molar-refractivity contribution is 6.10. The summed E-state index contributed by atoms with van der Waals surface area (Å²) in [5.41, 5.74) is 3.76. The number of nitrogens with one attached hydrogen (secondary N) is 2. The predicted octanol–water partition coefficient (Wildman–Crippen LogP) is 4.93. The first-order valence-corrected chi connectivity index (χ1v) is 9.78. The highest BCUT2D eigenvalue weighted by Crippen LogP contribution is 2.25. The molecular formula is C25H24N2O2. The smallest absolute Gasteiger partial charge is 0.186 e. The third-order valence-electron chi connectivity index (χ3n) is 5.19. The van der Waals surface area contributed by atoms with Crippen LogP contribution < -0.4 is 10.1 Å². The van der Waals surface area contributed by atoms with Crippen LogP contribution in [0.15, 0.2) is 85.1 Å². The van der Waals surface area contributed by atoms with Crippen LogP contribution in [0.5, 0.6) is 5.75 Å². The molecule has 29 heavy (non-hydrogen) atoms. The first-order valence-electron chi connectivity index (χ1n) is 9.78. The maximum Gasteiger partial charge on any atom is 0.186 e. The second-order valence-electron chi connectivity index (χ2n) is 6.97. The van der Waals surface area contributed by atoms with Crippen LogP contribution in [-0.2, 0) is 6.42 Å². The molecule has 1 unspecified atom stereocenters. The summed E-state index contributed by atoms with van der Waals surface area (Å²) in [7, 11) is 1.68. The molecule has 2 N–H and O–H groups in total. The lowest BCUT2D eigenvalue weighted by atomic mass is 9.96. The third-order valence-corrected chi connectivity index (χ3v) is 5.19. The van der Waals surface area contributed by atoms with Gasteiger partial charge >= 0.3 is 0 Å². The van der Waals surface area contributed by atoms with E-state index in [1.807, 2.05) is 79.0 Å². The lowest BCUT2D eigenvalue weighted by molar-refractivity contribution is 0.0945. The van der Waals surface area contributed by atoms with Crippen LogP contribution in [0.25, 0.3) is 10.9 Å². The van der Waals surface area contributed by atoms with Gasteiger partial charge in [0, 0.05) is 29.2 Å². The van der Waals surface area contributed by atoms with Crippen molar-refractivity contribution in [3.8, 4) is 5.75 Å². The molecule has 0 radical (unpaired) electrons. The number of methoxy groups -OCH3 is 1. The third kappa shape index (κ3) is 4.08. The van der Waals surface area contributed by atoms with E-state index in [1.165, 1.54) is 0 Å². The Bertz CT molecular complexity index is 1100. The summed E-state index contributed by atoms with van der Waals surface area (Å²) in [6, 6.07) is 25.3. The summed E-state index contributed by atoms with van der Waals surface area (Å²) in [5.74, 6) is 0.933. The highest BCUT2D eigenvalue weighted by atomic mass is 16.5. The molecule has 0 bridgehead atoms. The number of carbonyl (C=O) groups excluding carboxylic acids is 1. The van der Waals surface area contributed by atoms with Crippen LogP contribution in [0.2, 0.25) is 0 Å². The van der Waals surface area contributed by atoms with Crippen LogP contribution in [0.3, 0.4) is 0 Å². The minimum absolute atomic E-state index is 0.0636. The minimum atomic E-state index is -0.412. The molecule has 3 aromatic carbocycles. The van der Waals surface area contributed by atoms with Crippen LogP contribution in [-0.4, -0.2) is 24.4 Å². The summed E-state index contributed by atoms with van der Waals surface area (Å²) in [5, 5.41) is 4.42. The van der Waals surface area contributed by atoms with Gasteiger partial charge in [-0.05, 0) is 29.7 Å². The number of rotatable bonds is 8. The van der Waals surface area contributed by atoms with Crippen molar-refractivity contribution in [3.05, 3.63) is 102 Å². The Balaban J connectivity index is 1.58. The maximum atomic E-state index is 13.5. The van der Waals surface area contributed by atoms with Gasteiger partial charge in [0.15, 0.2) is 5.78 Å². The minimum Gasteiger partial charge on any atom is -0.496 e. The fourth-order valence-electron chi connectivity index (χ4n) is 3.70. The number of para-hydroxylation sites is 2. The summed E-state index contributed by atoms with van der Waals surface area (Å²) in [6.07, 6.45) is 2.58. The average molecular weight is 384 g/mol. The van der Waals surface area contributed by atoms with E-state index in [-0.39, 0.29) is 5.78 Å². The zero-order valence-corrected chi connectivity index (χ0v) is 16.4. The number of Topliss-reactive ketones (excluding diaryl/α,β-unsaturated/α-hetero) is 1. The molecule has 0 aliphatic carbocycles. The summed E-state index contributed by atoms with van der Waals surface area (Å²) >= 11 is 0. The number of hydrogen-bond donors (Lipinski definition) is 2. The van der Waals surface area contributed by atoms with E-state index >= 15 is 0 Å². The van der Waals surface area contributed by atoms with Gasteiger partial charge in [0.05, 0.1) is 13.2 Å². The number of ketones is 1. The van der Waals surface area contributed by atoms with Crippen molar-refractivity contribution >= 4 is 16.7 Å². The molecule has 0 spiro atoms. The van der Waals surface area contributed by atoms with Crippen molar-refractivity contribution in [1.82, 2.24) is 10.3 Å². The highest BCUT2D eigenvalue weighted by Gasteiger charge is 2.23. The number of carbonyl (C=O) groups is 1. The van der Waals surface area contributed by atoms with Crippen molar-refractivity contribution in [1.29, 1.82) is 0 Å². The Morgan fingerprint density at radius 2 is 1.69 bits per heavy atom. The number of aromatic nitrogens is 1. The number of benzene rings is 3. The van der Waals surface area contributed by atoms with Gasteiger partial charge in [-0.1, -0.05) is 66.7 Å². The molecule has 0 fully saturated rings. The largest absolute Gasteiger partial charge is 0.496 e. The van der Waals surface area contributed by atoms with Crippen LogP contribution in [0.4, 0.5) is 0 Å². The van der Waals surface area contributed by atoms with E-state index in [1.54, 1.807) is 7.11 Å². The van der Waals surface area contributed by atoms with Gasteiger partial charge in [-0.2, -0.15) is 0 Å². The fourth-order valence-corrected chi connectivity index (χ4v) is 3.70. The molecule has 1 aromatic heterocycles. The lowest BCUT2D eigenvalue weighted by Gasteiger charge is -2.18. The molecule has 4 nitrogen and oxygen atoms in total. The predicted molar refractivity (Wildman–Crippen MR) is 117 cm³/mol. The second-order valence-corrected chi connectivity index (χ2v) is 6.97. The molecular weight excluding hydrogens is 360 g/mol. The van der Waals surface area contributed by atoms with Crippen molar-refractivity contribution < 1.29 is 9.53 Å². The maximum absolute atomic E-state index is 13.5. The molecule has 4 aromatic rings. The number of ether oxygens (including phenoxy) is 1. The van der Waals surface area contributed by atoms with Gasteiger partial charge in [0.2, 0.25) is 0 Å². The van der Waals surface area contributed by atoms with E-state index in [0.29, 0.717) is 12.1 Å². The molecule has 146 valence electrons. The topological polar surface area (TPSA) is 54.1 Å². The van der Waals surface area contributed by atoms with E-state index in [2.05, 4.69) is 16.4 Å². The molecule has 0 amide bonds. The fraction of sp³-hybridized carbons (Fsp3) is 0.160. The molecule has 0 saturated heterocycles. The van der Waals surface area contributed by atoms with Gasteiger partial charge in [0.1, 0.15) is 5.75 Å². The molecule has 0 aliphatic heterocycles. The first kappa shape index (κ1) is 19.0. The van der Waals surface area contributed by atoms with Crippen molar-refractivity contribution in [2.24, 2.45) is 0 Å². The van der Waals surface area contributed by atoms with Gasteiger partial charge in [-0.15, -0.1) is 0 Å². The van der Waals surface area contributed by atoms with Crippen molar-refractivity contribution in [3.63, 3.8) is 0 Å². The number of fused-ring (bicyclic) bond motifs is 1. The van der Waals surface area contributed by atoms with Gasteiger partial charge in [-0.25, -0.2) is 0 Å². The molecule has 4 rings (SSSR count). The Morgan fingerprint density at radius 3 is 2.52 bits per heavy atom. The van der Waals surface area contributed by atoms with Crippen LogP contribution in [0, 0.1) is 0 Å². The molecule has 1 atom stereocenters. The first-order chi connectivity index (χ1) is 14.3. The normalized spacial score (nSPS) is 12.0. The quantitative estimate of drug-likeness (QED) is 0.423. The number of H-pyrrole nitrogens is 1. The van der Waals surface area contributed by atoms with Crippen LogP contribution in [0.1, 0.15) is 27.5 Å². The van der Waals surface area contributed by atoms with E-state index < -0.39 is 6.04 Å². The molecule has 0 aliphatic rings. The average Bonchev–Trinajstić information content (AvgIpc) is 3.21. The van der Waals surface area contributed by atoms with Gasteiger partial charge in [-0.3, -0.25) is 4.79 Å². The van der Waals surface area contributed by atoms with Crippen molar-refractivity contribution in [2.75, 3.05) is 13.7 Å². The zero-order valence-electron chi connectivity index (χ0n) is 16.4. The Morgan fingerprint density at radius 1 is 0.966 bits per heavy atom. The summed E-state index contributed by atoms with van der Waals surface area (Å²) in [6.45, 7) is 0.661. The second kappa shape index (κ2) is 8.76. The SMILES string of the molecule is COc1ccccc1CCNC(C(=O)c1c[nH]c2ccccc12)c1ccccc1. The van der Waals surface area contributed by atoms with Crippen molar-refractivity contribution in [2.45, 2.75) is 12.5 Å². The van der Waals surface area contributed by atoms with E-state index in [0.717, 1.165) is 34.2 Å². The van der Waals surface area contributed by atoms with Gasteiger partial charge in [0.25, 0.3) is 0 Å². The Kier molecular flexibility index (Phi) is 5.73. The summed E-state index contributed by atoms with van der Waals surface area (Å²) < 4.78 is 5.44. The summed E-state index contributed by atoms with van der Waals surface area (Å²) in [4.78, 5) is 16.7. The number of aromatic amines is 1. The monoisotopic (exact) mass is 384 g/mol. The Hall–Kier alpha value is -3.37.